The minimum absolute atomic E-state index is 0.138. The fourth-order valence-electron chi connectivity index (χ4n) is 5.46. The predicted octanol–water partition coefficient (Wildman–Crippen LogP) is 3.98. The summed E-state index contributed by atoms with van der Waals surface area (Å²) in [6.07, 6.45) is 5.21. The molecular weight excluding hydrogens is 552 g/mol. The molecule has 10 nitrogen and oxygen atoms in total. The molecule has 0 spiro atoms. The molecule has 42 heavy (non-hydrogen) atoms. The van der Waals surface area contributed by atoms with Crippen LogP contribution in [0.15, 0.2) is 54.9 Å². The number of anilines is 1. The number of likely N-dealkylation sites (tertiary alicyclic amines) is 1. The van der Waals surface area contributed by atoms with Gasteiger partial charge in [0.15, 0.2) is 0 Å². The van der Waals surface area contributed by atoms with Crippen LogP contribution < -0.4 is 14.4 Å². The average molecular weight is 591 g/mol. The van der Waals surface area contributed by atoms with E-state index in [1.54, 1.807) is 18.2 Å². The van der Waals surface area contributed by atoms with Crippen molar-refractivity contribution < 1.29 is 17.4 Å². The molecule has 1 aliphatic rings. The molecule has 2 aromatic carbocycles. The Kier molecular flexibility index (Phi) is 10.1. The van der Waals surface area contributed by atoms with Crippen LogP contribution in [-0.2, 0) is 16.7 Å². The van der Waals surface area contributed by atoms with Crippen molar-refractivity contribution in [3.05, 3.63) is 82.9 Å². The maximum Gasteiger partial charge on any atom is 0.306 e. The highest BCUT2D eigenvalue weighted by molar-refractivity contribution is 7.86. The minimum Gasteiger partial charge on any atom is -0.383 e. The summed E-state index contributed by atoms with van der Waals surface area (Å²) >= 11 is 0. The van der Waals surface area contributed by atoms with Gasteiger partial charge in [0.05, 0.1) is 34.8 Å². The quantitative estimate of drug-likeness (QED) is 0.330. The normalized spacial score (nSPS) is 15.0. The Hall–Kier alpha value is -4.01. The number of nitrogens with one attached hydrogen (secondary N) is 1. The van der Waals surface area contributed by atoms with E-state index in [2.05, 4.69) is 38.1 Å². The van der Waals surface area contributed by atoms with E-state index < -0.39 is 10.1 Å². The first-order chi connectivity index (χ1) is 20.0. The fourth-order valence-corrected chi connectivity index (χ4v) is 5.92. The van der Waals surface area contributed by atoms with Gasteiger partial charge >= 0.3 is 10.1 Å². The maximum atomic E-state index is 12.7. The number of aromatic nitrogens is 2. The number of rotatable bonds is 11. The van der Waals surface area contributed by atoms with E-state index >= 15 is 0 Å². The number of nitrogens with zero attached hydrogens (tertiary/aromatic N) is 5. The zero-order valence-corrected chi connectivity index (χ0v) is 25.4. The third-order valence-corrected chi connectivity index (χ3v) is 8.18. The molecule has 1 saturated heterocycles. The number of carbonyl (C=O) groups excluding carboxylic acids is 1. The second kappa shape index (κ2) is 13.8. The molecule has 0 bridgehead atoms. The lowest BCUT2D eigenvalue weighted by atomic mass is 9.99. The Morgan fingerprint density at radius 3 is 2.43 bits per heavy atom. The van der Waals surface area contributed by atoms with Crippen LogP contribution in [0.2, 0.25) is 0 Å². The maximum absolute atomic E-state index is 12.7. The van der Waals surface area contributed by atoms with E-state index in [0.717, 1.165) is 49.9 Å². The van der Waals surface area contributed by atoms with Crippen LogP contribution in [0, 0.1) is 25.2 Å². The molecule has 1 amide bonds. The Morgan fingerprint density at radius 1 is 1.14 bits per heavy atom. The zero-order valence-electron chi connectivity index (χ0n) is 24.6. The number of benzene rings is 2. The standard InChI is InChI=1S/C31H38N6O4S/c1-22(12-15-33-31(38)30-23(2)34-21-35-24(30)3)36-16-13-28(14-17-36)37(20-26-7-5-6-25(18-26)19-32)27-8-10-29(11-9-27)41-42(4,39)40/h5-11,18,21-22,28H,12-17,20H2,1-4H3,(H,33,38). The fraction of sp³-hybridized carbons (Fsp3) is 0.419. The van der Waals surface area contributed by atoms with Crippen LogP contribution >= 0.6 is 0 Å². The molecule has 1 atom stereocenters. The molecular formula is C31H38N6O4S. The first kappa shape index (κ1) is 30.9. The van der Waals surface area contributed by atoms with Crippen LogP contribution in [0.4, 0.5) is 5.69 Å². The molecule has 1 aromatic heterocycles. The van der Waals surface area contributed by atoms with Crippen molar-refractivity contribution in [3.63, 3.8) is 0 Å². The van der Waals surface area contributed by atoms with Gasteiger partial charge in [-0.3, -0.25) is 4.79 Å². The Balaban J connectivity index is 1.39. The average Bonchev–Trinajstić information content (AvgIpc) is 2.96. The van der Waals surface area contributed by atoms with Gasteiger partial charge in [0.2, 0.25) is 0 Å². The van der Waals surface area contributed by atoms with Gasteiger partial charge in [-0.15, -0.1) is 0 Å². The van der Waals surface area contributed by atoms with E-state index in [1.165, 1.54) is 6.33 Å². The van der Waals surface area contributed by atoms with E-state index in [4.69, 9.17) is 4.18 Å². The van der Waals surface area contributed by atoms with Crippen molar-refractivity contribution in [2.75, 3.05) is 30.8 Å². The van der Waals surface area contributed by atoms with Gasteiger partial charge in [0.1, 0.15) is 12.1 Å². The summed E-state index contributed by atoms with van der Waals surface area (Å²) in [7, 11) is -3.61. The largest absolute Gasteiger partial charge is 0.383 e. The Morgan fingerprint density at radius 2 is 1.81 bits per heavy atom. The first-order valence-corrected chi connectivity index (χ1v) is 15.9. The molecule has 0 radical (unpaired) electrons. The van der Waals surface area contributed by atoms with Gasteiger partial charge in [0, 0.05) is 44.0 Å². The molecule has 222 valence electrons. The highest BCUT2D eigenvalue weighted by Gasteiger charge is 2.27. The molecule has 4 rings (SSSR count). The topological polar surface area (TPSA) is 129 Å². The number of piperidine rings is 1. The van der Waals surface area contributed by atoms with Crippen molar-refractivity contribution in [2.24, 2.45) is 0 Å². The summed E-state index contributed by atoms with van der Waals surface area (Å²) in [5, 5.41) is 12.4. The number of hydrogen-bond donors (Lipinski definition) is 1. The highest BCUT2D eigenvalue weighted by Crippen LogP contribution is 2.29. The van der Waals surface area contributed by atoms with Crippen LogP contribution in [0.3, 0.4) is 0 Å². The second-order valence-corrected chi connectivity index (χ2v) is 12.4. The second-order valence-electron chi connectivity index (χ2n) is 10.8. The lowest BCUT2D eigenvalue weighted by Crippen LogP contribution is -2.48. The molecule has 1 fully saturated rings. The molecule has 2 heterocycles. The lowest BCUT2D eigenvalue weighted by Gasteiger charge is -2.42. The van der Waals surface area contributed by atoms with Crippen molar-refractivity contribution in [3.8, 4) is 11.8 Å². The molecule has 0 aliphatic carbocycles. The molecule has 11 heteroatoms. The zero-order chi connectivity index (χ0) is 30.3. The number of carbonyl (C=O) groups is 1. The van der Waals surface area contributed by atoms with E-state index in [0.29, 0.717) is 41.6 Å². The van der Waals surface area contributed by atoms with Gasteiger partial charge in [-0.25, -0.2) is 9.97 Å². The summed E-state index contributed by atoms with van der Waals surface area (Å²) in [6.45, 7) is 8.84. The van der Waals surface area contributed by atoms with Crippen molar-refractivity contribution >= 4 is 21.7 Å². The summed E-state index contributed by atoms with van der Waals surface area (Å²) in [5.74, 6) is 0.133. The van der Waals surface area contributed by atoms with Crippen molar-refractivity contribution in [2.45, 2.75) is 58.7 Å². The number of hydrogen-bond acceptors (Lipinski definition) is 9. The van der Waals surface area contributed by atoms with Crippen molar-refractivity contribution in [1.82, 2.24) is 20.2 Å². The number of amides is 1. The van der Waals surface area contributed by atoms with E-state index in [1.807, 2.05) is 44.2 Å². The summed E-state index contributed by atoms with van der Waals surface area (Å²) in [4.78, 5) is 25.8. The smallest absolute Gasteiger partial charge is 0.306 e. The van der Waals surface area contributed by atoms with Crippen LogP contribution in [-0.4, -0.2) is 67.2 Å². The highest BCUT2D eigenvalue weighted by atomic mass is 32.2. The van der Waals surface area contributed by atoms with Gasteiger partial charge in [-0.2, -0.15) is 13.7 Å². The van der Waals surface area contributed by atoms with Crippen LogP contribution in [0.5, 0.6) is 5.75 Å². The SMILES string of the molecule is Cc1ncnc(C)c1C(=O)NCCC(C)N1CCC(N(Cc2cccc(C#N)c2)c2ccc(OS(C)(=O)=O)cc2)CC1. The molecule has 0 saturated carbocycles. The third kappa shape index (κ3) is 8.27. The van der Waals surface area contributed by atoms with Crippen LogP contribution in [0.1, 0.15) is 59.1 Å². The van der Waals surface area contributed by atoms with Crippen LogP contribution in [0.25, 0.3) is 0 Å². The minimum atomic E-state index is -3.61. The summed E-state index contributed by atoms with van der Waals surface area (Å²) < 4.78 is 28.1. The third-order valence-electron chi connectivity index (χ3n) is 7.69. The Bertz CT molecular complexity index is 1510. The Labute approximate surface area is 248 Å². The lowest BCUT2D eigenvalue weighted by molar-refractivity contribution is 0.0943. The van der Waals surface area contributed by atoms with Gasteiger partial charge in [-0.1, -0.05) is 12.1 Å². The summed E-state index contributed by atoms with van der Waals surface area (Å²) in [6, 6.07) is 17.5. The molecule has 1 aliphatic heterocycles. The summed E-state index contributed by atoms with van der Waals surface area (Å²) in [5.41, 5.74) is 4.51. The number of aryl methyl sites for hydroxylation is 2. The van der Waals surface area contributed by atoms with E-state index in [-0.39, 0.29) is 17.7 Å². The van der Waals surface area contributed by atoms with E-state index in [9.17, 15) is 18.5 Å². The predicted molar refractivity (Wildman–Crippen MR) is 162 cm³/mol. The first-order valence-electron chi connectivity index (χ1n) is 14.1. The number of nitriles is 1. The monoisotopic (exact) mass is 590 g/mol. The molecule has 3 aromatic rings. The van der Waals surface area contributed by atoms with Crippen molar-refractivity contribution in [1.29, 1.82) is 5.26 Å². The van der Waals surface area contributed by atoms with Gasteiger partial charge in [0.25, 0.3) is 5.91 Å². The van der Waals surface area contributed by atoms with Gasteiger partial charge in [-0.05, 0) is 82.0 Å². The van der Waals surface area contributed by atoms with Gasteiger partial charge < -0.3 is 19.3 Å². The molecule has 1 N–H and O–H groups in total. The molecule has 1 unspecified atom stereocenters.